The van der Waals surface area contributed by atoms with E-state index in [9.17, 15) is 9.59 Å². The summed E-state index contributed by atoms with van der Waals surface area (Å²) in [5.41, 5.74) is 3.83. The summed E-state index contributed by atoms with van der Waals surface area (Å²) in [6, 6.07) is 12.0. The Bertz CT molecular complexity index is 1070. The van der Waals surface area contributed by atoms with E-state index in [1.54, 1.807) is 16.7 Å². The van der Waals surface area contributed by atoms with Gasteiger partial charge in [0, 0.05) is 35.2 Å². The van der Waals surface area contributed by atoms with Crippen LogP contribution >= 0.6 is 23.4 Å². The third-order valence-electron chi connectivity index (χ3n) is 5.93. The summed E-state index contributed by atoms with van der Waals surface area (Å²) in [5.74, 6) is 0.176. The third-order valence-corrected chi connectivity index (χ3v) is 7.69. The summed E-state index contributed by atoms with van der Waals surface area (Å²) in [6.07, 6.45) is 1.78. The highest BCUT2D eigenvalue weighted by Crippen LogP contribution is 2.42. The van der Waals surface area contributed by atoms with Crippen LogP contribution in [0.2, 0.25) is 5.02 Å². The molecule has 1 aliphatic heterocycles. The van der Waals surface area contributed by atoms with Gasteiger partial charge in [-0.25, -0.2) is 4.79 Å². The Morgan fingerprint density at radius 2 is 1.63 bits per heavy atom. The molecule has 2 aromatic rings. The van der Waals surface area contributed by atoms with Gasteiger partial charge in [0.15, 0.2) is 5.78 Å². The number of rotatable bonds is 5. The number of thioether (sulfide) groups is 1. The largest absolute Gasteiger partial charge is 0.444 e. The van der Waals surface area contributed by atoms with E-state index in [1.165, 1.54) is 11.1 Å². The van der Waals surface area contributed by atoms with Crippen LogP contribution in [0.3, 0.4) is 0 Å². The van der Waals surface area contributed by atoms with Gasteiger partial charge in [-0.3, -0.25) is 4.79 Å². The maximum atomic E-state index is 12.6. The van der Waals surface area contributed by atoms with Crippen LogP contribution in [0, 0.1) is 5.41 Å². The van der Waals surface area contributed by atoms with Gasteiger partial charge in [0.05, 0.1) is 5.02 Å². The van der Waals surface area contributed by atoms with E-state index in [-0.39, 0.29) is 22.5 Å². The fraction of sp³-hybridized carbons (Fsp3) is 0.517. The smallest absolute Gasteiger partial charge is 0.410 e. The van der Waals surface area contributed by atoms with Crippen LogP contribution in [0.1, 0.15) is 87.2 Å². The van der Waals surface area contributed by atoms with E-state index in [4.69, 9.17) is 16.3 Å². The van der Waals surface area contributed by atoms with Gasteiger partial charge in [-0.1, -0.05) is 62.7 Å². The van der Waals surface area contributed by atoms with Crippen LogP contribution in [-0.2, 0) is 17.6 Å². The Morgan fingerprint density at radius 3 is 2.23 bits per heavy atom. The highest BCUT2D eigenvalue weighted by Gasteiger charge is 2.26. The lowest BCUT2D eigenvalue weighted by Crippen LogP contribution is -2.38. The number of amides is 1. The lowest BCUT2D eigenvalue weighted by Gasteiger charge is -2.26. The summed E-state index contributed by atoms with van der Waals surface area (Å²) in [7, 11) is 0. The van der Waals surface area contributed by atoms with Crippen molar-refractivity contribution in [3.05, 3.63) is 63.7 Å². The van der Waals surface area contributed by atoms with Crippen molar-refractivity contribution in [3.63, 3.8) is 0 Å². The number of hydrogen-bond acceptors (Lipinski definition) is 4. The number of carbonyl (C=O) groups is 2. The van der Waals surface area contributed by atoms with Gasteiger partial charge in [0.25, 0.3) is 0 Å². The minimum absolute atomic E-state index is 0.0280. The van der Waals surface area contributed by atoms with Crippen molar-refractivity contribution in [1.82, 2.24) is 4.90 Å². The average Bonchev–Trinajstić information content (AvgIpc) is 2.96. The first-order valence-electron chi connectivity index (χ1n) is 12.3. The van der Waals surface area contributed by atoms with Crippen LogP contribution in [0.15, 0.2) is 41.3 Å². The highest BCUT2D eigenvalue weighted by molar-refractivity contribution is 7.99. The molecule has 1 aliphatic rings. The van der Waals surface area contributed by atoms with Crippen LogP contribution in [0.5, 0.6) is 0 Å². The summed E-state index contributed by atoms with van der Waals surface area (Å²) in [6.45, 7) is 15.3. The lowest BCUT2D eigenvalue weighted by molar-refractivity contribution is 0.0258. The predicted molar refractivity (Wildman–Crippen MR) is 146 cm³/mol. The number of fused-ring (bicyclic) bond motifs is 1. The molecule has 35 heavy (non-hydrogen) atoms. The average molecular weight is 516 g/mol. The molecule has 0 aromatic heterocycles. The molecule has 3 rings (SSSR count). The molecule has 1 heterocycles. The molecule has 6 heteroatoms. The number of hydrogen-bond donors (Lipinski definition) is 0. The van der Waals surface area contributed by atoms with Crippen molar-refractivity contribution in [2.45, 2.75) is 83.5 Å². The molecule has 0 spiro atoms. The molecule has 0 fully saturated rings. The molecule has 0 saturated carbocycles. The number of Topliss-reactive ketones (excluding diaryl/α,β-unsaturated/α-hetero) is 1. The van der Waals surface area contributed by atoms with Crippen LogP contribution in [-0.4, -0.2) is 35.5 Å². The second-order valence-corrected chi connectivity index (χ2v) is 13.3. The molecular formula is C29H38ClNO3S. The fourth-order valence-corrected chi connectivity index (χ4v) is 5.68. The topological polar surface area (TPSA) is 46.6 Å². The second-order valence-electron chi connectivity index (χ2n) is 11.5. The Labute approximate surface area is 219 Å². The first kappa shape index (κ1) is 27.6. The van der Waals surface area contributed by atoms with E-state index in [0.717, 1.165) is 33.9 Å². The molecule has 0 saturated heterocycles. The van der Waals surface area contributed by atoms with Gasteiger partial charge in [-0.2, -0.15) is 0 Å². The molecule has 1 atom stereocenters. The quantitative estimate of drug-likeness (QED) is 0.297. The fourth-order valence-electron chi connectivity index (χ4n) is 4.17. The maximum Gasteiger partial charge on any atom is 0.410 e. The summed E-state index contributed by atoms with van der Waals surface area (Å²) in [5, 5.41) is 0.902. The molecule has 190 valence electrons. The monoisotopic (exact) mass is 515 g/mol. The Hall–Kier alpha value is -1.98. The number of nitrogens with zero attached hydrogens (tertiary/aromatic N) is 1. The maximum absolute atomic E-state index is 12.6. The van der Waals surface area contributed by atoms with Crippen LogP contribution < -0.4 is 0 Å². The number of carbonyl (C=O) groups excluding carboxylic acids is 2. The first-order valence-corrected chi connectivity index (χ1v) is 13.6. The van der Waals surface area contributed by atoms with Gasteiger partial charge < -0.3 is 9.64 Å². The van der Waals surface area contributed by atoms with Gasteiger partial charge in [-0.15, -0.1) is 11.8 Å². The van der Waals surface area contributed by atoms with Crippen LogP contribution in [0.4, 0.5) is 4.79 Å². The SMILES string of the molecule is CC(Sc1c(Cl)ccc2c1CCN(C(=O)OC(C)(C)C)CC2)c1ccc(C(=O)CC(C)(C)C)cc1. The number of ketones is 1. The zero-order chi connectivity index (χ0) is 26.0. The Morgan fingerprint density at radius 1 is 1.00 bits per heavy atom. The van der Waals surface area contributed by atoms with Crippen molar-refractivity contribution < 1.29 is 14.3 Å². The van der Waals surface area contributed by atoms with Gasteiger partial charge in [0.1, 0.15) is 5.60 Å². The minimum Gasteiger partial charge on any atom is -0.444 e. The molecule has 4 nitrogen and oxygen atoms in total. The van der Waals surface area contributed by atoms with Crippen molar-refractivity contribution in [2.75, 3.05) is 13.1 Å². The number of halogens is 1. The molecule has 0 aliphatic carbocycles. The van der Waals surface area contributed by atoms with Gasteiger partial charge in [-0.05, 0) is 68.7 Å². The van der Waals surface area contributed by atoms with E-state index in [1.807, 2.05) is 51.1 Å². The zero-order valence-electron chi connectivity index (χ0n) is 22.0. The van der Waals surface area contributed by atoms with E-state index >= 15 is 0 Å². The number of ether oxygens (including phenoxy) is 1. The van der Waals surface area contributed by atoms with Gasteiger partial charge >= 0.3 is 6.09 Å². The van der Waals surface area contributed by atoms with Gasteiger partial charge in [0.2, 0.25) is 0 Å². The summed E-state index contributed by atoms with van der Waals surface area (Å²) >= 11 is 8.43. The molecular weight excluding hydrogens is 478 g/mol. The standard InChI is InChI=1S/C29H38ClNO3S/c1-19(20-8-10-22(11-9-20)25(32)18-28(2,3)4)35-26-23-15-17-31(27(33)34-29(5,6)7)16-14-21(23)12-13-24(26)30/h8-13,19H,14-18H2,1-7H3. The minimum atomic E-state index is -0.511. The normalized spacial score (nSPS) is 15.3. The van der Waals surface area contributed by atoms with Crippen molar-refractivity contribution in [3.8, 4) is 0 Å². The van der Waals surface area contributed by atoms with Crippen molar-refractivity contribution in [2.24, 2.45) is 5.41 Å². The molecule has 0 radical (unpaired) electrons. The van der Waals surface area contributed by atoms with E-state index < -0.39 is 5.60 Å². The Kier molecular flexibility index (Phi) is 8.64. The molecule has 0 N–H and O–H groups in total. The van der Waals surface area contributed by atoms with Crippen molar-refractivity contribution in [1.29, 1.82) is 0 Å². The van der Waals surface area contributed by atoms with E-state index in [2.05, 4.69) is 33.8 Å². The third kappa shape index (κ3) is 7.75. The van der Waals surface area contributed by atoms with Crippen LogP contribution in [0.25, 0.3) is 0 Å². The second kappa shape index (κ2) is 11.0. The number of benzene rings is 2. The van der Waals surface area contributed by atoms with E-state index in [0.29, 0.717) is 19.5 Å². The zero-order valence-corrected chi connectivity index (χ0v) is 23.6. The van der Waals surface area contributed by atoms with Crippen molar-refractivity contribution >= 4 is 35.2 Å². The lowest BCUT2D eigenvalue weighted by atomic mass is 9.88. The highest BCUT2D eigenvalue weighted by atomic mass is 35.5. The molecule has 1 amide bonds. The molecule has 1 unspecified atom stereocenters. The Balaban J connectivity index is 1.74. The molecule has 2 aromatic carbocycles. The summed E-state index contributed by atoms with van der Waals surface area (Å²) < 4.78 is 5.59. The predicted octanol–water partition coefficient (Wildman–Crippen LogP) is 8.15. The first-order chi connectivity index (χ1) is 16.2. The molecule has 0 bridgehead atoms. The summed E-state index contributed by atoms with van der Waals surface area (Å²) in [4.78, 5) is 28.1.